The lowest BCUT2D eigenvalue weighted by Crippen LogP contribution is -2.52. The lowest BCUT2D eigenvalue weighted by atomic mass is 9.82. The van der Waals surface area contributed by atoms with E-state index in [0.717, 1.165) is 38.8 Å². The summed E-state index contributed by atoms with van der Waals surface area (Å²) < 4.78 is 5.48. The van der Waals surface area contributed by atoms with Gasteiger partial charge in [0.15, 0.2) is 0 Å². The molecule has 1 saturated heterocycles. The highest BCUT2D eigenvalue weighted by atomic mass is 16.6. The first kappa shape index (κ1) is 20.2. The Hall–Kier alpha value is -0.810. The summed E-state index contributed by atoms with van der Waals surface area (Å²) in [6.45, 7) is 13.8. The summed E-state index contributed by atoms with van der Waals surface area (Å²) in [6, 6.07) is 0.565. The van der Waals surface area contributed by atoms with Gasteiger partial charge in [-0.2, -0.15) is 0 Å². The Bertz CT molecular complexity index is 367. The highest BCUT2D eigenvalue weighted by Crippen LogP contribution is 2.26. The summed E-state index contributed by atoms with van der Waals surface area (Å²) in [6.07, 6.45) is 3.58. The van der Waals surface area contributed by atoms with E-state index in [1.165, 1.54) is 0 Å². The molecule has 2 N–H and O–H groups in total. The third-order valence-electron chi connectivity index (χ3n) is 5.11. The number of carbonyl (C=O) groups is 1. The van der Waals surface area contributed by atoms with Crippen LogP contribution in [-0.4, -0.2) is 53.5 Å². The van der Waals surface area contributed by atoms with Crippen molar-refractivity contribution in [2.45, 2.75) is 84.9 Å². The molecule has 5 heteroatoms. The van der Waals surface area contributed by atoms with Gasteiger partial charge in [0.2, 0.25) is 0 Å². The first-order valence-corrected chi connectivity index (χ1v) is 9.00. The van der Waals surface area contributed by atoms with E-state index in [0.29, 0.717) is 6.04 Å². The third kappa shape index (κ3) is 5.96. The van der Waals surface area contributed by atoms with E-state index in [-0.39, 0.29) is 24.2 Å². The highest BCUT2D eigenvalue weighted by molar-refractivity contribution is 5.68. The summed E-state index contributed by atoms with van der Waals surface area (Å²) in [7, 11) is 0. The predicted molar refractivity (Wildman–Crippen MR) is 93.5 cm³/mol. The van der Waals surface area contributed by atoms with Gasteiger partial charge in [0.05, 0.1) is 0 Å². The quantitative estimate of drug-likeness (QED) is 0.786. The SMILES string of the molecule is CCC(CC)(CO)CNC1CCN(C(=O)OC(C)(C)C)C(C)C1. The fraction of sp³-hybridized carbons (Fsp3) is 0.944. The first-order valence-electron chi connectivity index (χ1n) is 9.00. The monoisotopic (exact) mass is 328 g/mol. The molecule has 0 radical (unpaired) electrons. The Morgan fingerprint density at radius 2 is 1.91 bits per heavy atom. The molecule has 0 spiro atoms. The number of nitrogens with zero attached hydrogens (tertiary/aromatic N) is 1. The molecule has 0 bridgehead atoms. The van der Waals surface area contributed by atoms with E-state index >= 15 is 0 Å². The maximum absolute atomic E-state index is 12.2. The Kier molecular flexibility index (Phi) is 7.33. The standard InChI is InChI=1S/C18H36N2O3/c1-7-18(8-2,13-21)12-19-15-9-10-20(14(3)11-15)16(22)23-17(4,5)6/h14-15,19,21H,7-13H2,1-6H3. The van der Waals surface area contributed by atoms with Crippen molar-refractivity contribution in [2.75, 3.05) is 19.7 Å². The minimum absolute atomic E-state index is 0.0223. The molecule has 1 rings (SSSR count). The molecule has 2 atom stereocenters. The van der Waals surface area contributed by atoms with Gasteiger partial charge in [-0.1, -0.05) is 13.8 Å². The molecule has 1 aliphatic heterocycles. The summed E-state index contributed by atoms with van der Waals surface area (Å²) in [5, 5.41) is 13.3. The van der Waals surface area contributed by atoms with Crippen LogP contribution in [0.1, 0.15) is 67.2 Å². The number of amides is 1. The zero-order valence-electron chi connectivity index (χ0n) is 15.8. The van der Waals surface area contributed by atoms with E-state index in [1.54, 1.807) is 0 Å². The number of aliphatic hydroxyl groups excluding tert-OH is 1. The fourth-order valence-corrected chi connectivity index (χ4v) is 3.09. The molecule has 1 amide bonds. The molecule has 0 aliphatic carbocycles. The van der Waals surface area contributed by atoms with Gasteiger partial charge in [0, 0.05) is 37.2 Å². The second-order valence-electron chi connectivity index (χ2n) is 7.99. The van der Waals surface area contributed by atoms with Gasteiger partial charge in [-0.15, -0.1) is 0 Å². The van der Waals surface area contributed by atoms with Crippen LogP contribution in [0, 0.1) is 5.41 Å². The van der Waals surface area contributed by atoms with E-state index in [1.807, 2.05) is 25.7 Å². The Morgan fingerprint density at radius 3 is 2.35 bits per heavy atom. The number of ether oxygens (including phenoxy) is 1. The second kappa shape index (κ2) is 8.34. The molecule has 1 aliphatic rings. The van der Waals surface area contributed by atoms with Crippen LogP contribution in [0.2, 0.25) is 0 Å². The molecule has 2 unspecified atom stereocenters. The molecule has 1 heterocycles. The van der Waals surface area contributed by atoms with Crippen LogP contribution < -0.4 is 5.32 Å². The third-order valence-corrected chi connectivity index (χ3v) is 5.11. The average Bonchev–Trinajstić information content (AvgIpc) is 2.47. The highest BCUT2D eigenvalue weighted by Gasteiger charge is 2.33. The maximum Gasteiger partial charge on any atom is 0.410 e. The van der Waals surface area contributed by atoms with Gasteiger partial charge in [0.1, 0.15) is 5.60 Å². The predicted octanol–water partition coefficient (Wildman–Crippen LogP) is 3.16. The molecule has 0 aromatic heterocycles. The number of carbonyl (C=O) groups excluding carboxylic acids is 1. The van der Waals surface area contributed by atoms with Crippen LogP contribution in [0.4, 0.5) is 4.79 Å². The Labute approximate surface area is 141 Å². The number of hydrogen-bond acceptors (Lipinski definition) is 4. The molecular weight excluding hydrogens is 292 g/mol. The lowest BCUT2D eigenvalue weighted by molar-refractivity contribution is 0.00852. The first-order chi connectivity index (χ1) is 10.7. The number of nitrogens with one attached hydrogen (secondary N) is 1. The van der Waals surface area contributed by atoms with Crippen molar-refractivity contribution < 1.29 is 14.6 Å². The van der Waals surface area contributed by atoms with E-state index in [4.69, 9.17) is 4.74 Å². The van der Waals surface area contributed by atoms with Crippen molar-refractivity contribution in [3.05, 3.63) is 0 Å². The normalized spacial score (nSPS) is 23.0. The number of likely N-dealkylation sites (tertiary alicyclic amines) is 1. The molecule has 136 valence electrons. The van der Waals surface area contributed by atoms with E-state index < -0.39 is 5.60 Å². The van der Waals surface area contributed by atoms with Gasteiger partial charge in [-0.3, -0.25) is 0 Å². The Balaban J connectivity index is 2.51. The van der Waals surface area contributed by atoms with Crippen LogP contribution in [0.3, 0.4) is 0 Å². The van der Waals surface area contributed by atoms with Gasteiger partial charge in [0.25, 0.3) is 0 Å². The summed E-state index contributed by atoms with van der Waals surface area (Å²) in [5.74, 6) is 0. The van der Waals surface area contributed by atoms with Crippen LogP contribution in [-0.2, 0) is 4.74 Å². The van der Waals surface area contributed by atoms with Crippen molar-refractivity contribution in [1.29, 1.82) is 0 Å². The zero-order valence-corrected chi connectivity index (χ0v) is 15.8. The molecular formula is C18H36N2O3. The Morgan fingerprint density at radius 1 is 1.30 bits per heavy atom. The largest absolute Gasteiger partial charge is 0.444 e. The fourth-order valence-electron chi connectivity index (χ4n) is 3.09. The van der Waals surface area contributed by atoms with Crippen LogP contribution in [0.25, 0.3) is 0 Å². The minimum atomic E-state index is -0.450. The van der Waals surface area contributed by atoms with Crippen molar-refractivity contribution >= 4 is 6.09 Å². The van der Waals surface area contributed by atoms with E-state index in [2.05, 4.69) is 26.1 Å². The van der Waals surface area contributed by atoms with Crippen LogP contribution in [0.5, 0.6) is 0 Å². The number of aliphatic hydroxyl groups is 1. The minimum Gasteiger partial charge on any atom is -0.444 e. The lowest BCUT2D eigenvalue weighted by Gasteiger charge is -2.40. The molecule has 1 fully saturated rings. The number of rotatable bonds is 6. The molecule has 23 heavy (non-hydrogen) atoms. The summed E-state index contributed by atoms with van der Waals surface area (Å²) in [5.41, 5.74) is -0.472. The molecule has 0 aromatic rings. The molecule has 0 saturated carbocycles. The van der Waals surface area contributed by atoms with Crippen LogP contribution in [0.15, 0.2) is 0 Å². The number of hydrogen-bond donors (Lipinski definition) is 2. The molecule has 0 aromatic carbocycles. The average molecular weight is 328 g/mol. The van der Waals surface area contributed by atoms with Crippen molar-refractivity contribution in [3.63, 3.8) is 0 Å². The number of piperidine rings is 1. The second-order valence-corrected chi connectivity index (χ2v) is 7.99. The topological polar surface area (TPSA) is 61.8 Å². The summed E-state index contributed by atoms with van der Waals surface area (Å²) in [4.78, 5) is 14.1. The van der Waals surface area contributed by atoms with Crippen molar-refractivity contribution in [3.8, 4) is 0 Å². The van der Waals surface area contributed by atoms with Gasteiger partial charge in [-0.25, -0.2) is 4.79 Å². The maximum atomic E-state index is 12.2. The van der Waals surface area contributed by atoms with Crippen LogP contribution >= 0.6 is 0 Å². The molecule has 5 nitrogen and oxygen atoms in total. The van der Waals surface area contributed by atoms with Crippen molar-refractivity contribution in [1.82, 2.24) is 10.2 Å². The van der Waals surface area contributed by atoms with E-state index in [9.17, 15) is 9.90 Å². The smallest absolute Gasteiger partial charge is 0.410 e. The van der Waals surface area contributed by atoms with Gasteiger partial charge < -0.3 is 20.1 Å². The zero-order chi connectivity index (χ0) is 17.7. The van der Waals surface area contributed by atoms with Gasteiger partial charge in [-0.05, 0) is 53.4 Å². The van der Waals surface area contributed by atoms with Gasteiger partial charge >= 0.3 is 6.09 Å². The summed E-state index contributed by atoms with van der Waals surface area (Å²) >= 11 is 0. The van der Waals surface area contributed by atoms with Crippen molar-refractivity contribution in [2.24, 2.45) is 5.41 Å².